The Bertz CT molecular complexity index is 2010. The third-order valence-corrected chi connectivity index (χ3v) is 11.9. The number of methoxy groups -OCH3 is 1. The second kappa shape index (κ2) is 14.8. The number of hydrazine groups is 1. The van der Waals surface area contributed by atoms with Crippen molar-refractivity contribution in [1.29, 1.82) is 0 Å². The van der Waals surface area contributed by atoms with E-state index >= 15 is 0 Å². The molecule has 3 amide bonds. The Morgan fingerprint density at radius 2 is 2.00 bits per heavy atom. The number of nitrogens with zero attached hydrogens (tertiary/aromatic N) is 5. The number of thiazole rings is 1. The largest absolute Gasteiger partial charge is 0.464 e. The van der Waals surface area contributed by atoms with E-state index in [4.69, 9.17) is 19.4 Å². The van der Waals surface area contributed by atoms with Gasteiger partial charge in [0.15, 0.2) is 0 Å². The van der Waals surface area contributed by atoms with Crippen LogP contribution < -0.4 is 10.7 Å². The first-order valence-electron chi connectivity index (χ1n) is 18.8. The van der Waals surface area contributed by atoms with Crippen molar-refractivity contribution in [3.63, 3.8) is 0 Å². The maximum absolute atomic E-state index is 14.2. The number of carbonyl (C=O) groups excluding carboxylic acids is 3. The SMILES string of the molecule is CCn1c(-c2cccnc2[C@H](C)OC)c2c3cc(ccc31)-c1csc(n1)C[C@H](NC(=O)N1[C@H](C)C[C@@H]1C)C(=O)N1CCC[C@H](N1)C(=O)OCC(C)(C)C2. The second-order valence-electron chi connectivity index (χ2n) is 15.6. The molecule has 2 N–H and O–H groups in total. The average molecular weight is 742 g/mol. The van der Waals surface area contributed by atoms with Gasteiger partial charge in [-0.3, -0.25) is 19.6 Å². The maximum Gasteiger partial charge on any atom is 0.324 e. The van der Waals surface area contributed by atoms with Crippen molar-refractivity contribution in [2.24, 2.45) is 5.41 Å². The highest BCUT2D eigenvalue weighted by molar-refractivity contribution is 7.10. The fraction of sp³-hybridized carbons (Fsp3) is 0.525. The van der Waals surface area contributed by atoms with Crippen molar-refractivity contribution in [3.8, 4) is 22.5 Å². The molecule has 2 fully saturated rings. The van der Waals surface area contributed by atoms with E-state index in [-0.39, 0.29) is 43.2 Å². The van der Waals surface area contributed by atoms with Crippen LogP contribution in [0.1, 0.15) is 83.2 Å². The summed E-state index contributed by atoms with van der Waals surface area (Å²) in [6.45, 7) is 13.8. The standard InChI is InChI=1S/C40H51N7O5S/c1-8-45-33-14-13-26-18-28(33)29(36(45)27-11-9-15-41-35(27)25(4)51-7)20-40(5,6)22-52-38(49)30-12-10-16-46(44-30)37(48)31(19-34-42-32(26)21-53-34)43-39(50)47-23(2)17-24(47)3/h9,11,13-15,18,21,23-25,30-31,44H,8,10,12,16-17,19-20,22H2,1-7H3,(H,43,50)/t23-,24+,25-,30-,31-/m0/s1. The number of carbonyl (C=O) groups is 3. The zero-order valence-electron chi connectivity index (χ0n) is 31.8. The average Bonchev–Trinajstić information content (AvgIpc) is 3.74. The number of amides is 3. The van der Waals surface area contributed by atoms with Crippen LogP contribution in [0.5, 0.6) is 0 Å². The minimum Gasteiger partial charge on any atom is -0.464 e. The first kappa shape index (κ1) is 37.0. The first-order chi connectivity index (χ1) is 25.4. The Hall–Kier alpha value is -4.33. The summed E-state index contributed by atoms with van der Waals surface area (Å²) in [5.41, 5.74) is 9.65. The molecule has 1 aromatic carbocycles. The lowest BCUT2D eigenvalue weighted by atomic mass is 9.84. The number of likely N-dealkylation sites (tertiary alicyclic amines) is 1. The topological polar surface area (TPSA) is 131 Å². The number of aromatic nitrogens is 3. The molecule has 12 nitrogen and oxygen atoms in total. The molecule has 3 aliphatic rings. The summed E-state index contributed by atoms with van der Waals surface area (Å²) in [6, 6.07) is 8.90. The number of nitrogens with one attached hydrogen (secondary N) is 2. The summed E-state index contributed by atoms with van der Waals surface area (Å²) >= 11 is 1.48. The summed E-state index contributed by atoms with van der Waals surface area (Å²) in [4.78, 5) is 52.9. The molecular formula is C40H51N7O5S. The van der Waals surface area contributed by atoms with Crippen molar-refractivity contribution in [2.75, 3.05) is 20.3 Å². The van der Waals surface area contributed by atoms with Gasteiger partial charge in [0.1, 0.15) is 12.1 Å². The van der Waals surface area contributed by atoms with E-state index in [1.807, 2.05) is 32.2 Å². The number of aryl methyl sites for hydroxylation is 1. The molecule has 7 rings (SSSR count). The van der Waals surface area contributed by atoms with Gasteiger partial charge in [-0.1, -0.05) is 19.9 Å². The van der Waals surface area contributed by atoms with Crippen LogP contribution in [0.4, 0.5) is 4.79 Å². The normalized spacial score (nSPS) is 24.0. The number of fused-ring (bicyclic) bond motifs is 6. The van der Waals surface area contributed by atoms with Crippen molar-refractivity contribution < 1.29 is 23.9 Å². The third-order valence-electron chi connectivity index (χ3n) is 11.0. The van der Waals surface area contributed by atoms with Gasteiger partial charge in [-0.05, 0) is 83.2 Å². The Labute approximate surface area is 315 Å². The van der Waals surface area contributed by atoms with Gasteiger partial charge < -0.3 is 24.3 Å². The number of esters is 1. The molecule has 0 aliphatic carbocycles. The summed E-state index contributed by atoms with van der Waals surface area (Å²) in [5.74, 6) is -0.695. The zero-order valence-corrected chi connectivity index (χ0v) is 32.6. The predicted octanol–water partition coefficient (Wildman–Crippen LogP) is 6.28. The molecule has 2 saturated heterocycles. The number of pyridine rings is 1. The van der Waals surface area contributed by atoms with Gasteiger partial charge in [0.25, 0.3) is 5.91 Å². The molecule has 0 radical (unpaired) electrons. The van der Waals surface area contributed by atoms with Gasteiger partial charge in [0.2, 0.25) is 0 Å². The number of rotatable bonds is 5. The van der Waals surface area contributed by atoms with Gasteiger partial charge >= 0.3 is 12.0 Å². The minimum atomic E-state index is -0.875. The van der Waals surface area contributed by atoms with Gasteiger partial charge in [-0.15, -0.1) is 11.3 Å². The monoisotopic (exact) mass is 741 g/mol. The van der Waals surface area contributed by atoms with Gasteiger partial charge in [-0.25, -0.2) is 15.2 Å². The van der Waals surface area contributed by atoms with Crippen molar-refractivity contribution in [3.05, 3.63) is 58.2 Å². The highest BCUT2D eigenvalue weighted by Crippen LogP contribution is 2.42. The number of cyclic esters (lactones) is 1. The smallest absolute Gasteiger partial charge is 0.324 e. The van der Waals surface area contributed by atoms with E-state index in [9.17, 15) is 14.4 Å². The molecule has 3 aliphatic heterocycles. The molecule has 4 aromatic rings. The van der Waals surface area contributed by atoms with E-state index in [1.165, 1.54) is 16.3 Å². The summed E-state index contributed by atoms with van der Waals surface area (Å²) in [5, 5.41) is 8.37. The molecule has 6 heterocycles. The van der Waals surface area contributed by atoms with Crippen LogP contribution in [0.3, 0.4) is 0 Å². The Kier molecular flexibility index (Phi) is 10.4. The minimum absolute atomic E-state index is 0.0957. The summed E-state index contributed by atoms with van der Waals surface area (Å²) in [7, 11) is 1.70. The lowest BCUT2D eigenvalue weighted by Crippen LogP contribution is -2.64. The molecule has 0 spiro atoms. The Morgan fingerprint density at radius 3 is 2.74 bits per heavy atom. The molecule has 53 heavy (non-hydrogen) atoms. The quantitative estimate of drug-likeness (QED) is 0.229. The number of hydrogen-bond acceptors (Lipinski definition) is 9. The zero-order chi connectivity index (χ0) is 37.6. The predicted molar refractivity (Wildman–Crippen MR) is 205 cm³/mol. The van der Waals surface area contributed by atoms with Crippen molar-refractivity contribution in [2.45, 2.75) is 110 Å². The number of ether oxygens (including phenoxy) is 2. The van der Waals surface area contributed by atoms with Crippen molar-refractivity contribution in [1.82, 2.24) is 35.2 Å². The van der Waals surface area contributed by atoms with E-state index in [1.54, 1.807) is 18.2 Å². The molecule has 3 aromatic heterocycles. The van der Waals surface area contributed by atoms with Crippen LogP contribution in [-0.4, -0.2) is 86.8 Å². The molecule has 13 heteroatoms. The van der Waals surface area contributed by atoms with Crippen LogP contribution in [0.2, 0.25) is 0 Å². The van der Waals surface area contributed by atoms with Crippen molar-refractivity contribution >= 4 is 40.1 Å². The number of benzene rings is 1. The lowest BCUT2D eigenvalue weighted by molar-refractivity contribution is -0.155. The highest BCUT2D eigenvalue weighted by Gasteiger charge is 2.40. The van der Waals surface area contributed by atoms with E-state index < -0.39 is 23.5 Å². The van der Waals surface area contributed by atoms with Gasteiger partial charge in [0, 0.05) is 77.7 Å². The molecule has 5 atom stereocenters. The summed E-state index contributed by atoms with van der Waals surface area (Å²) < 4.78 is 14.2. The first-order valence-corrected chi connectivity index (χ1v) is 19.7. The Morgan fingerprint density at radius 1 is 1.21 bits per heavy atom. The molecule has 282 valence electrons. The second-order valence-corrected chi connectivity index (χ2v) is 16.5. The fourth-order valence-corrected chi connectivity index (χ4v) is 9.06. The molecule has 0 saturated carbocycles. The van der Waals surface area contributed by atoms with Crippen LogP contribution in [0.25, 0.3) is 33.4 Å². The van der Waals surface area contributed by atoms with Crippen LogP contribution in [0.15, 0.2) is 41.9 Å². The van der Waals surface area contributed by atoms with E-state index in [0.717, 1.165) is 62.6 Å². The number of hydrogen-bond donors (Lipinski definition) is 2. The number of urea groups is 1. The molecule has 0 unspecified atom stereocenters. The van der Waals surface area contributed by atoms with E-state index in [2.05, 4.69) is 60.3 Å². The highest BCUT2D eigenvalue weighted by atomic mass is 32.1. The van der Waals surface area contributed by atoms with Gasteiger partial charge in [0.05, 0.1) is 34.8 Å². The maximum atomic E-state index is 14.2. The van der Waals surface area contributed by atoms with E-state index in [0.29, 0.717) is 25.8 Å². The molecule has 6 bridgehead atoms. The van der Waals surface area contributed by atoms with Crippen LogP contribution in [-0.2, 0) is 38.4 Å². The third kappa shape index (κ3) is 7.18. The lowest BCUT2D eigenvalue weighted by Gasteiger charge is -2.45. The summed E-state index contributed by atoms with van der Waals surface area (Å²) in [6.07, 6.45) is 4.51. The van der Waals surface area contributed by atoms with Crippen LogP contribution >= 0.6 is 11.3 Å². The van der Waals surface area contributed by atoms with Crippen LogP contribution in [0, 0.1) is 5.41 Å². The fourth-order valence-electron chi connectivity index (χ4n) is 8.21. The molecular weight excluding hydrogens is 691 g/mol. The Balaban J connectivity index is 1.35. The van der Waals surface area contributed by atoms with Gasteiger partial charge in [-0.2, -0.15) is 0 Å².